The monoisotopic (exact) mass is 310 g/mol. The molecule has 0 unspecified atom stereocenters. The van der Waals surface area contributed by atoms with Crippen LogP contribution < -0.4 is 0 Å². The van der Waals surface area contributed by atoms with E-state index in [0.29, 0.717) is 19.1 Å². The van der Waals surface area contributed by atoms with Gasteiger partial charge in [-0.15, -0.1) is 11.6 Å². The minimum Gasteiger partial charge on any atom is -0.382 e. The second-order valence-electron chi connectivity index (χ2n) is 5.07. The number of imidazole rings is 1. The van der Waals surface area contributed by atoms with E-state index in [-0.39, 0.29) is 0 Å². The molecule has 0 fully saturated rings. The number of ether oxygens (including phenoxy) is 2. The van der Waals surface area contributed by atoms with Gasteiger partial charge in [-0.25, -0.2) is 4.98 Å². The minimum atomic E-state index is 0.443. The Labute approximate surface area is 131 Å². The Bertz CT molecular complexity index is 569. The number of benzene rings is 1. The van der Waals surface area contributed by atoms with Crippen molar-refractivity contribution in [3.8, 4) is 0 Å². The highest BCUT2D eigenvalue weighted by molar-refractivity contribution is 6.16. The zero-order chi connectivity index (χ0) is 15.1. The van der Waals surface area contributed by atoms with Gasteiger partial charge >= 0.3 is 0 Å². The van der Waals surface area contributed by atoms with Gasteiger partial charge in [0.15, 0.2) is 0 Å². The number of hydrogen-bond acceptors (Lipinski definition) is 3. The number of halogens is 1. The Morgan fingerprint density at radius 1 is 1.19 bits per heavy atom. The molecule has 2 rings (SSSR count). The molecule has 0 spiro atoms. The average Bonchev–Trinajstić information content (AvgIpc) is 2.86. The fraction of sp³-hybridized carbons (Fsp3) is 0.562. The quantitative estimate of drug-likeness (QED) is 0.525. The van der Waals surface area contributed by atoms with Gasteiger partial charge in [0.05, 0.1) is 30.1 Å². The van der Waals surface area contributed by atoms with Gasteiger partial charge in [-0.1, -0.05) is 12.1 Å². The smallest absolute Gasteiger partial charge is 0.124 e. The van der Waals surface area contributed by atoms with Crippen molar-refractivity contribution in [1.82, 2.24) is 9.55 Å². The Balaban J connectivity index is 1.93. The van der Waals surface area contributed by atoms with Crippen LogP contribution >= 0.6 is 11.6 Å². The second kappa shape index (κ2) is 8.37. The van der Waals surface area contributed by atoms with E-state index in [1.807, 2.05) is 0 Å². The van der Waals surface area contributed by atoms with Crippen LogP contribution in [0.15, 0.2) is 18.2 Å². The topological polar surface area (TPSA) is 36.3 Å². The van der Waals surface area contributed by atoms with Crippen molar-refractivity contribution in [2.24, 2.45) is 0 Å². The first-order chi connectivity index (χ1) is 10.3. The van der Waals surface area contributed by atoms with Crippen molar-refractivity contribution in [3.05, 3.63) is 29.6 Å². The van der Waals surface area contributed by atoms with Crippen LogP contribution in [0.3, 0.4) is 0 Å². The van der Waals surface area contributed by atoms with Crippen LogP contribution in [0.4, 0.5) is 0 Å². The maximum absolute atomic E-state index is 6.03. The molecule has 0 aliphatic heterocycles. The highest BCUT2D eigenvalue weighted by atomic mass is 35.5. The van der Waals surface area contributed by atoms with Crippen LogP contribution in [-0.2, 0) is 21.9 Å². The van der Waals surface area contributed by atoms with E-state index >= 15 is 0 Å². The van der Waals surface area contributed by atoms with E-state index in [4.69, 9.17) is 21.1 Å². The summed E-state index contributed by atoms with van der Waals surface area (Å²) in [4.78, 5) is 4.65. The number of para-hydroxylation sites is 1. The Morgan fingerprint density at radius 2 is 2.05 bits per heavy atom. The summed E-state index contributed by atoms with van der Waals surface area (Å²) in [5, 5.41) is 0. The summed E-state index contributed by atoms with van der Waals surface area (Å²) in [7, 11) is 1.68. The number of aromatic nitrogens is 2. The molecule has 0 radical (unpaired) electrons. The number of unbranched alkanes of at least 4 members (excludes halogenated alkanes) is 1. The molecule has 21 heavy (non-hydrogen) atoms. The number of aryl methyl sites for hydroxylation is 2. The molecule has 0 aliphatic carbocycles. The molecule has 0 aliphatic rings. The van der Waals surface area contributed by atoms with Crippen molar-refractivity contribution >= 4 is 22.6 Å². The fourth-order valence-electron chi connectivity index (χ4n) is 2.41. The van der Waals surface area contributed by atoms with Crippen LogP contribution in [-0.4, -0.2) is 36.5 Å². The van der Waals surface area contributed by atoms with Crippen molar-refractivity contribution in [2.75, 3.05) is 26.9 Å². The number of methoxy groups -OCH3 is 1. The summed E-state index contributed by atoms with van der Waals surface area (Å²) in [6.45, 7) is 5.10. The van der Waals surface area contributed by atoms with E-state index < -0.39 is 0 Å². The molecule has 0 saturated carbocycles. The van der Waals surface area contributed by atoms with Crippen molar-refractivity contribution in [1.29, 1.82) is 0 Å². The van der Waals surface area contributed by atoms with Crippen LogP contribution in [0.5, 0.6) is 0 Å². The van der Waals surface area contributed by atoms with Crippen molar-refractivity contribution < 1.29 is 9.47 Å². The van der Waals surface area contributed by atoms with E-state index in [2.05, 4.69) is 34.7 Å². The molecule has 0 N–H and O–H groups in total. The normalized spacial score (nSPS) is 11.4. The standard InChI is InChI=1S/C16H23ClN2O2/c1-13-6-5-7-14-16(13)18-15(12-17)19(14)8-3-4-9-21-11-10-20-2/h5-7H,3-4,8-12H2,1-2H3. The maximum atomic E-state index is 6.03. The zero-order valence-corrected chi connectivity index (χ0v) is 13.5. The van der Waals surface area contributed by atoms with Crippen LogP contribution in [0, 0.1) is 6.92 Å². The molecule has 5 heteroatoms. The van der Waals surface area contributed by atoms with E-state index in [1.165, 1.54) is 11.1 Å². The SMILES string of the molecule is COCCOCCCCn1c(CCl)nc2c(C)cccc21. The Kier molecular flexibility index (Phi) is 6.49. The molecule has 1 aromatic heterocycles. The van der Waals surface area contributed by atoms with Crippen molar-refractivity contribution in [2.45, 2.75) is 32.2 Å². The molecule has 1 aromatic carbocycles. The van der Waals surface area contributed by atoms with E-state index in [1.54, 1.807) is 7.11 Å². The van der Waals surface area contributed by atoms with Gasteiger partial charge < -0.3 is 14.0 Å². The summed E-state index contributed by atoms with van der Waals surface area (Å²) in [5.74, 6) is 1.39. The second-order valence-corrected chi connectivity index (χ2v) is 5.34. The summed E-state index contributed by atoms with van der Waals surface area (Å²) in [6, 6.07) is 6.27. The average molecular weight is 311 g/mol. The van der Waals surface area contributed by atoms with Crippen molar-refractivity contribution in [3.63, 3.8) is 0 Å². The zero-order valence-electron chi connectivity index (χ0n) is 12.8. The lowest BCUT2D eigenvalue weighted by Gasteiger charge is -2.08. The van der Waals surface area contributed by atoms with Crippen LogP contribution in [0.1, 0.15) is 24.2 Å². The molecule has 2 aromatic rings. The third kappa shape index (κ3) is 4.19. The lowest BCUT2D eigenvalue weighted by atomic mass is 10.2. The summed E-state index contributed by atoms with van der Waals surface area (Å²) < 4.78 is 12.7. The summed E-state index contributed by atoms with van der Waals surface area (Å²) >= 11 is 6.03. The first kappa shape index (κ1) is 16.3. The minimum absolute atomic E-state index is 0.443. The van der Waals surface area contributed by atoms with Gasteiger partial charge in [0, 0.05) is 20.3 Å². The van der Waals surface area contributed by atoms with Gasteiger partial charge in [-0.05, 0) is 31.4 Å². The number of nitrogens with zero attached hydrogens (tertiary/aromatic N) is 2. The molecule has 0 bridgehead atoms. The first-order valence-corrected chi connectivity index (χ1v) is 7.88. The molecule has 1 heterocycles. The molecule has 0 amide bonds. The van der Waals surface area contributed by atoms with Gasteiger partial charge in [0.25, 0.3) is 0 Å². The van der Waals surface area contributed by atoms with Gasteiger partial charge in [-0.3, -0.25) is 0 Å². The molecule has 0 atom stereocenters. The molecule has 4 nitrogen and oxygen atoms in total. The predicted octanol–water partition coefficient (Wildman–Crippen LogP) is 3.53. The third-order valence-electron chi connectivity index (χ3n) is 3.53. The van der Waals surface area contributed by atoms with E-state index in [9.17, 15) is 0 Å². The highest BCUT2D eigenvalue weighted by Gasteiger charge is 2.10. The molecule has 116 valence electrons. The molecular weight excluding hydrogens is 288 g/mol. The Morgan fingerprint density at radius 3 is 2.81 bits per heavy atom. The fourth-order valence-corrected chi connectivity index (χ4v) is 2.61. The first-order valence-electron chi connectivity index (χ1n) is 7.35. The van der Waals surface area contributed by atoms with Crippen LogP contribution in [0.2, 0.25) is 0 Å². The van der Waals surface area contributed by atoms with Gasteiger partial charge in [0.2, 0.25) is 0 Å². The number of fused-ring (bicyclic) bond motifs is 1. The Hall–Kier alpha value is -1.10. The number of rotatable bonds is 9. The summed E-state index contributed by atoms with van der Waals surface area (Å²) in [5.41, 5.74) is 3.43. The molecule has 0 saturated heterocycles. The number of hydrogen-bond donors (Lipinski definition) is 0. The largest absolute Gasteiger partial charge is 0.382 e. The number of alkyl halides is 1. The predicted molar refractivity (Wildman–Crippen MR) is 86.0 cm³/mol. The molecular formula is C16H23ClN2O2. The maximum Gasteiger partial charge on any atom is 0.124 e. The van der Waals surface area contributed by atoms with Crippen LogP contribution in [0.25, 0.3) is 11.0 Å². The lowest BCUT2D eigenvalue weighted by molar-refractivity contribution is 0.0684. The van der Waals surface area contributed by atoms with Gasteiger partial charge in [-0.2, -0.15) is 0 Å². The third-order valence-corrected chi connectivity index (χ3v) is 3.77. The lowest BCUT2D eigenvalue weighted by Crippen LogP contribution is -2.06. The highest BCUT2D eigenvalue weighted by Crippen LogP contribution is 2.21. The summed E-state index contributed by atoms with van der Waals surface area (Å²) in [6.07, 6.45) is 2.08. The van der Waals surface area contributed by atoms with E-state index in [0.717, 1.165) is 37.3 Å². The van der Waals surface area contributed by atoms with Gasteiger partial charge in [0.1, 0.15) is 5.82 Å².